The van der Waals surface area contributed by atoms with Crippen LogP contribution >= 0.6 is 11.6 Å². The molecule has 1 aromatic heterocycles. The molecule has 0 spiro atoms. The van der Waals surface area contributed by atoms with Gasteiger partial charge in [0.05, 0.1) is 0 Å². The molecule has 4 nitrogen and oxygen atoms in total. The standard InChI is InChI=1S/C15H18ClN3O/c1-3-13-18-14(16)10(2)15(19-13)17-9-8-11-4-6-12(20)7-5-11/h4-7,20H,3,8-9H2,1-2H3,(H,17,18,19). The Morgan fingerprint density at radius 2 is 1.90 bits per heavy atom. The third-order valence-corrected chi connectivity index (χ3v) is 3.46. The van der Waals surface area contributed by atoms with Crippen molar-refractivity contribution in [2.45, 2.75) is 26.7 Å². The summed E-state index contributed by atoms with van der Waals surface area (Å²) in [6.45, 7) is 4.66. The number of nitrogens with zero attached hydrogens (tertiary/aromatic N) is 2. The highest BCUT2D eigenvalue weighted by Crippen LogP contribution is 2.20. The summed E-state index contributed by atoms with van der Waals surface area (Å²) in [5, 5.41) is 13.0. The van der Waals surface area contributed by atoms with Gasteiger partial charge >= 0.3 is 0 Å². The normalized spacial score (nSPS) is 10.6. The van der Waals surface area contributed by atoms with Gasteiger partial charge in [-0.05, 0) is 31.0 Å². The van der Waals surface area contributed by atoms with E-state index in [1.165, 1.54) is 0 Å². The molecule has 1 heterocycles. The molecule has 0 aliphatic heterocycles. The molecule has 0 aliphatic carbocycles. The van der Waals surface area contributed by atoms with Gasteiger partial charge in [-0.2, -0.15) is 0 Å². The molecule has 0 radical (unpaired) electrons. The fourth-order valence-electron chi connectivity index (χ4n) is 1.85. The lowest BCUT2D eigenvalue weighted by Crippen LogP contribution is -2.10. The third-order valence-electron chi connectivity index (χ3n) is 3.09. The molecule has 0 amide bonds. The topological polar surface area (TPSA) is 58.0 Å². The van der Waals surface area contributed by atoms with E-state index in [-0.39, 0.29) is 5.75 Å². The molecule has 0 fully saturated rings. The minimum Gasteiger partial charge on any atom is -0.508 e. The van der Waals surface area contributed by atoms with Gasteiger partial charge in [0.25, 0.3) is 0 Å². The Bertz CT molecular complexity index is 584. The van der Waals surface area contributed by atoms with Crippen LogP contribution in [0.1, 0.15) is 23.9 Å². The van der Waals surface area contributed by atoms with Gasteiger partial charge in [0, 0.05) is 18.5 Å². The lowest BCUT2D eigenvalue weighted by Gasteiger charge is -2.11. The molecule has 0 bridgehead atoms. The second kappa shape index (κ2) is 6.57. The van der Waals surface area contributed by atoms with E-state index in [9.17, 15) is 5.11 Å². The van der Waals surface area contributed by atoms with E-state index < -0.39 is 0 Å². The molecular weight excluding hydrogens is 274 g/mol. The van der Waals surface area contributed by atoms with Gasteiger partial charge in [-0.3, -0.25) is 0 Å². The smallest absolute Gasteiger partial charge is 0.137 e. The molecule has 5 heteroatoms. The highest BCUT2D eigenvalue weighted by molar-refractivity contribution is 6.30. The Labute approximate surface area is 123 Å². The average molecular weight is 292 g/mol. The molecule has 0 aliphatic rings. The molecular formula is C15H18ClN3O. The summed E-state index contributed by atoms with van der Waals surface area (Å²) in [6, 6.07) is 7.21. The van der Waals surface area contributed by atoms with Crippen molar-refractivity contribution < 1.29 is 5.11 Å². The van der Waals surface area contributed by atoms with Crippen LogP contribution in [0.5, 0.6) is 5.75 Å². The monoisotopic (exact) mass is 291 g/mol. The fourth-order valence-corrected chi connectivity index (χ4v) is 2.04. The Hall–Kier alpha value is -1.81. The van der Waals surface area contributed by atoms with Crippen molar-refractivity contribution in [3.05, 3.63) is 46.4 Å². The van der Waals surface area contributed by atoms with Crippen molar-refractivity contribution in [2.75, 3.05) is 11.9 Å². The van der Waals surface area contributed by atoms with Gasteiger partial charge in [-0.25, -0.2) is 9.97 Å². The number of aromatic hydroxyl groups is 1. The number of rotatable bonds is 5. The highest BCUT2D eigenvalue weighted by Gasteiger charge is 2.08. The Morgan fingerprint density at radius 3 is 2.55 bits per heavy atom. The fraction of sp³-hybridized carbons (Fsp3) is 0.333. The number of nitrogens with one attached hydrogen (secondary N) is 1. The minimum absolute atomic E-state index is 0.285. The zero-order valence-corrected chi connectivity index (χ0v) is 12.4. The van der Waals surface area contributed by atoms with Crippen LogP contribution in [-0.4, -0.2) is 21.6 Å². The van der Waals surface area contributed by atoms with Crippen molar-refractivity contribution in [3.8, 4) is 5.75 Å². The van der Waals surface area contributed by atoms with E-state index >= 15 is 0 Å². The van der Waals surface area contributed by atoms with Crippen molar-refractivity contribution in [2.24, 2.45) is 0 Å². The molecule has 0 saturated carbocycles. The van der Waals surface area contributed by atoms with Crippen molar-refractivity contribution >= 4 is 17.4 Å². The summed E-state index contributed by atoms with van der Waals surface area (Å²) in [4.78, 5) is 8.66. The van der Waals surface area contributed by atoms with Crippen LogP contribution < -0.4 is 5.32 Å². The van der Waals surface area contributed by atoms with E-state index in [2.05, 4.69) is 15.3 Å². The lowest BCUT2D eigenvalue weighted by molar-refractivity contribution is 0.475. The Balaban J connectivity index is 2.00. The van der Waals surface area contributed by atoms with Crippen molar-refractivity contribution in [3.63, 3.8) is 0 Å². The van der Waals surface area contributed by atoms with E-state index in [1.54, 1.807) is 12.1 Å². The molecule has 2 N–H and O–H groups in total. The summed E-state index contributed by atoms with van der Waals surface area (Å²) in [7, 11) is 0. The van der Waals surface area contributed by atoms with Crippen molar-refractivity contribution in [1.29, 1.82) is 0 Å². The Morgan fingerprint density at radius 1 is 1.20 bits per heavy atom. The number of halogens is 1. The van der Waals surface area contributed by atoms with E-state index in [0.717, 1.165) is 42.2 Å². The first-order valence-electron chi connectivity index (χ1n) is 6.65. The van der Waals surface area contributed by atoms with Gasteiger partial charge in [0.15, 0.2) is 0 Å². The number of phenolic OH excluding ortho intramolecular Hbond substituents is 1. The van der Waals surface area contributed by atoms with Crippen LogP contribution in [-0.2, 0) is 12.8 Å². The quantitative estimate of drug-likeness (QED) is 0.829. The summed E-state index contributed by atoms with van der Waals surface area (Å²) in [5.74, 6) is 1.82. The van der Waals surface area contributed by atoms with Gasteiger partial charge in [0.2, 0.25) is 0 Å². The van der Waals surface area contributed by atoms with Crippen LogP contribution in [0.25, 0.3) is 0 Å². The second-order valence-corrected chi connectivity index (χ2v) is 4.96. The number of aryl methyl sites for hydroxylation is 1. The molecule has 0 saturated heterocycles. The maximum Gasteiger partial charge on any atom is 0.137 e. The van der Waals surface area contributed by atoms with Crippen LogP contribution in [0.3, 0.4) is 0 Å². The largest absolute Gasteiger partial charge is 0.508 e. The maximum absolute atomic E-state index is 9.24. The second-order valence-electron chi connectivity index (χ2n) is 4.60. The van der Waals surface area contributed by atoms with Crippen LogP contribution in [0.4, 0.5) is 5.82 Å². The predicted octanol–water partition coefficient (Wildman–Crippen LogP) is 3.36. The van der Waals surface area contributed by atoms with Crippen LogP contribution in [0.2, 0.25) is 5.15 Å². The van der Waals surface area contributed by atoms with Gasteiger partial charge in [-0.15, -0.1) is 0 Å². The molecule has 1 aromatic carbocycles. The third kappa shape index (κ3) is 3.61. The summed E-state index contributed by atoms with van der Waals surface area (Å²) in [6.07, 6.45) is 1.61. The predicted molar refractivity (Wildman–Crippen MR) is 81.5 cm³/mol. The van der Waals surface area contributed by atoms with E-state index in [1.807, 2.05) is 26.0 Å². The first-order chi connectivity index (χ1) is 9.60. The molecule has 2 rings (SSSR count). The van der Waals surface area contributed by atoms with Crippen molar-refractivity contribution in [1.82, 2.24) is 9.97 Å². The number of phenols is 1. The number of anilines is 1. The summed E-state index contributed by atoms with van der Waals surface area (Å²) < 4.78 is 0. The SMILES string of the molecule is CCc1nc(Cl)c(C)c(NCCc2ccc(O)cc2)n1. The number of hydrogen-bond donors (Lipinski definition) is 2. The molecule has 0 unspecified atom stereocenters. The first kappa shape index (κ1) is 14.6. The van der Waals surface area contributed by atoms with Gasteiger partial charge in [0.1, 0.15) is 22.5 Å². The van der Waals surface area contributed by atoms with Crippen LogP contribution in [0.15, 0.2) is 24.3 Å². The van der Waals surface area contributed by atoms with E-state index in [0.29, 0.717) is 5.15 Å². The van der Waals surface area contributed by atoms with E-state index in [4.69, 9.17) is 11.6 Å². The first-order valence-corrected chi connectivity index (χ1v) is 7.02. The minimum atomic E-state index is 0.285. The maximum atomic E-state index is 9.24. The Kier molecular flexibility index (Phi) is 4.79. The van der Waals surface area contributed by atoms with Crippen LogP contribution in [0, 0.1) is 6.92 Å². The average Bonchev–Trinajstić information content (AvgIpc) is 2.45. The number of hydrogen-bond acceptors (Lipinski definition) is 4. The summed E-state index contributed by atoms with van der Waals surface area (Å²) in [5.41, 5.74) is 2.03. The summed E-state index contributed by atoms with van der Waals surface area (Å²) >= 11 is 6.09. The zero-order valence-electron chi connectivity index (χ0n) is 11.7. The molecule has 2 aromatic rings. The lowest BCUT2D eigenvalue weighted by atomic mass is 10.1. The molecule has 20 heavy (non-hydrogen) atoms. The molecule has 106 valence electrons. The number of aromatic nitrogens is 2. The van der Waals surface area contributed by atoms with Gasteiger partial charge < -0.3 is 10.4 Å². The molecule has 0 atom stereocenters. The van der Waals surface area contributed by atoms with Gasteiger partial charge in [-0.1, -0.05) is 30.7 Å². The highest BCUT2D eigenvalue weighted by atomic mass is 35.5. The zero-order chi connectivity index (χ0) is 14.5. The number of benzene rings is 1.